The zero-order chi connectivity index (χ0) is 14.8. The van der Waals surface area contributed by atoms with Gasteiger partial charge in [-0.3, -0.25) is 19.8 Å². The molecule has 5 heteroatoms. The SMILES string of the molecule is Cc1ccc(C)n1NC(=O)C1CCCN1C1CCNCC1. The topological polar surface area (TPSA) is 49.3 Å². The Kier molecular flexibility index (Phi) is 4.31. The van der Waals surface area contributed by atoms with E-state index in [0.29, 0.717) is 6.04 Å². The summed E-state index contributed by atoms with van der Waals surface area (Å²) in [7, 11) is 0. The monoisotopic (exact) mass is 290 g/mol. The van der Waals surface area contributed by atoms with Crippen LogP contribution >= 0.6 is 0 Å². The summed E-state index contributed by atoms with van der Waals surface area (Å²) in [6, 6.07) is 4.68. The zero-order valence-corrected chi connectivity index (χ0v) is 13.1. The van der Waals surface area contributed by atoms with Crippen molar-refractivity contribution in [2.45, 2.75) is 51.6 Å². The molecule has 3 heterocycles. The molecule has 0 aliphatic carbocycles. The minimum atomic E-state index is 0.0364. The highest BCUT2D eigenvalue weighted by molar-refractivity contribution is 5.89. The van der Waals surface area contributed by atoms with E-state index in [4.69, 9.17) is 0 Å². The van der Waals surface area contributed by atoms with E-state index >= 15 is 0 Å². The van der Waals surface area contributed by atoms with Crippen LogP contribution in [0.2, 0.25) is 0 Å². The van der Waals surface area contributed by atoms with E-state index in [1.165, 1.54) is 0 Å². The quantitative estimate of drug-likeness (QED) is 0.884. The van der Waals surface area contributed by atoms with Crippen LogP contribution in [0.5, 0.6) is 0 Å². The summed E-state index contributed by atoms with van der Waals surface area (Å²) in [5.41, 5.74) is 5.24. The largest absolute Gasteiger partial charge is 0.317 e. The minimum absolute atomic E-state index is 0.0364. The molecule has 5 nitrogen and oxygen atoms in total. The van der Waals surface area contributed by atoms with Gasteiger partial charge in [0, 0.05) is 17.4 Å². The number of aryl methyl sites for hydroxylation is 2. The number of rotatable bonds is 3. The van der Waals surface area contributed by atoms with E-state index in [-0.39, 0.29) is 11.9 Å². The van der Waals surface area contributed by atoms with Crippen molar-refractivity contribution in [2.24, 2.45) is 0 Å². The van der Waals surface area contributed by atoms with Crippen molar-refractivity contribution in [3.63, 3.8) is 0 Å². The second kappa shape index (κ2) is 6.20. The summed E-state index contributed by atoms with van der Waals surface area (Å²) in [5.74, 6) is 0.147. The number of piperidine rings is 1. The van der Waals surface area contributed by atoms with Crippen LogP contribution in [0, 0.1) is 13.8 Å². The van der Waals surface area contributed by atoms with Gasteiger partial charge in [-0.05, 0) is 71.3 Å². The molecular weight excluding hydrogens is 264 g/mol. The minimum Gasteiger partial charge on any atom is -0.317 e. The van der Waals surface area contributed by atoms with Gasteiger partial charge in [0.1, 0.15) is 0 Å². The Labute approximate surface area is 126 Å². The third-order valence-corrected chi connectivity index (χ3v) is 4.87. The predicted octanol–water partition coefficient (Wildman–Crippen LogP) is 1.39. The van der Waals surface area contributed by atoms with E-state index in [0.717, 1.165) is 56.7 Å². The van der Waals surface area contributed by atoms with Gasteiger partial charge in [-0.15, -0.1) is 0 Å². The third-order valence-electron chi connectivity index (χ3n) is 4.87. The Hall–Kier alpha value is -1.33. The van der Waals surface area contributed by atoms with Crippen LogP contribution in [0.1, 0.15) is 37.1 Å². The standard InChI is InChI=1S/C16H26N4O/c1-12-5-6-13(2)20(12)18-16(21)15-4-3-11-19(15)14-7-9-17-10-8-14/h5-6,14-15,17H,3-4,7-11H2,1-2H3,(H,18,21). The van der Waals surface area contributed by atoms with Gasteiger partial charge in [-0.25, -0.2) is 0 Å². The lowest BCUT2D eigenvalue weighted by molar-refractivity contribution is -0.122. The van der Waals surface area contributed by atoms with E-state index < -0.39 is 0 Å². The van der Waals surface area contributed by atoms with Gasteiger partial charge >= 0.3 is 0 Å². The Morgan fingerprint density at radius 3 is 2.52 bits per heavy atom. The van der Waals surface area contributed by atoms with Gasteiger partial charge in [-0.1, -0.05) is 0 Å². The van der Waals surface area contributed by atoms with Gasteiger partial charge < -0.3 is 5.32 Å². The molecule has 1 unspecified atom stereocenters. The molecule has 21 heavy (non-hydrogen) atoms. The summed E-state index contributed by atoms with van der Waals surface area (Å²) in [5, 5.41) is 3.40. The molecule has 2 aliphatic heterocycles. The molecule has 0 aromatic carbocycles. The van der Waals surface area contributed by atoms with Gasteiger partial charge in [0.2, 0.25) is 0 Å². The first-order valence-corrected chi connectivity index (χ1v) is 8.09. The first kappa shape index (κ1) is 14.6. The van der Waals surface area contributed by atoms with Crippen molar-refractivity contribution >= 4 is 5.91 Å². The number of carbonyl (C=O) groups excluding carboxylic acids is 1. The number of likely N-dealkylation sites (tertiary alicyclic amines) is 1. The fraction of sp³-hybridized carbons (Fsp3) is 0.688. The Morgan fingerprint density at radius 1 is 1.19 bits per heavy atom. The highest BCUT2D eigenvalue weighted by atomic mass is 16.2. The van der Waals surface area contributed by atoms with Crippen molar-refractivity contribution in [1.82, 2.24) is 14.9 Å². The molecule has 0 spiro atoms. The average molecular weight is 290 g/mol. The summed E-state index contributed by atoms with van der Waals surface area (Å²) >= 11 is 0. The van der Waals surface area contributed by atoms with Crippen LogP contribution < -0.4 is 10.7 Å². The first-order valence-electron chi connectivity index (χ1n) is 8.09. The number of nitrogens with zero attached hydrogens (tertiary/aromatic N) is 2. The highest BCUT2D eigenvalue weighted by Gasteiger charge is 2.35. The summed E-state index contributed by atoms with van der Waals surface area (Å²) in [6.45, 7) is 7.25. The molecule has 2 aliphatic rings. The molecule has 1 atom stereocenters. The summed E-state index contributed by atoms with van der Waals surface area (Å²) < 4.78 is 1.90. The van der Waals surface area contributed by atoms with E-state index in [1.54, 1.807) is 0 Å². The third kappa shape index (κ3) is 2.99. The molecule has 116 valence electrons. The van der Waals surface area contributed by atoms with E-state index in [1.807, 2.05) is 30.7 Å². The van der Waals surface area contributed by atoms with Crippen LogP contribution in [-0.2, 0) is 4.79 Å². The van der Waals surface area contributed by atoms with Crippen LogP contribution in [0.15, 0.2) is 12.1 Å². The van der Waals surface area contributed by atoms with Crippen molar-refractivity contribution in [2.75, 3.05) is 25.1 Å². The maximum atomic E-state index is 12.7. The Morgan fingerprint density at radius 2 is 1.86 bits per heavy atom. The van der Waals surface area contributed by atoms with Crippen LogP contribution in [-0.4, -0.2) is 47.2 Å². The number of aromatic nitrogens is 1. The molecule has 1 amide bonds. The lowest BCUT2D eigenvalue weighted by Gasteiger charge is -2.35. The lowest BCUT2D eigenvalue weighted by atomic mass is 10.0. The van der Waals surface area contributed by atoms with Crippen LogP contribution in [0.4, 0.5) is 0 Å². The number of nitrogens with one attached hydrogen (secondary N) is 2. The normalized spacial score (nSPS) is 24.4. The summed E-state index contributed by atoms with van der Waals surface area (Å²) in [4.78, 5) is 15.1. The maximum Gasteiger partial charge on any atom is 0.256 e. The lowest BCUT2D eigenvalue weighted by Crippen LogP contribution is -2.50. The van der Waals surface area contributed by atoms with Crippen LogP contribution in [0.3, 0.4) is 0 Å². The molecule has 0 radical (unpaired) electrons. The van der Waals surface area contributed by atoms with E-state index in [2.05, 4.69) is 15.6 Å². The second-order valence-corrected chi connectivity index (χ2v) is 6.30. The Balaban J connectivity index is 1.68. The number of carbonyl (C=O) groups is 1. The average Bonchev–Trinajstić information content (AvgIpc) is 3.10. The summed E-state index contributed by atoms with van der Waals surface area (Å²) in [6.07, 6.45) is 4.43. The van der Waals surface area contributed by atoms with Gasteiger partial charge in [0.15, 0.2) is 0 Å². The van der Waals surface area contributed by atoms with Gasteiger partial charge in [-0.2, -0.15) is 0 Å². The fourth-order valence-corrected chi connectivity index (χ4v) is 3.68. The number of amides is 1. The van der Waals surface area contributed by atoms with E-state index in [9.17, 15) is 4.79 Å². The number of hydrogen-bond donors (Lipinski definition) is 2. The molecule has 0 bridgehead atoms. The van der Waals surface area contributed by atoms with Crippen LogP contribution in [0.25, 0.3) is 0 Å². The molecule has 1 aromatic heterocycles. The predicted molar refractivity (Wildman–Crippen MR) is 83.9 cm³/mol. The molecule has 3 rings (SSSR count). The Bertz CT molecular complexity index is 485. The highest BCUT2D eigenvalue weighted by Crippen LogP contribution is 2.24. The molecule has 2 fully saturated rings. The number of hydrogen-bond acceptors (Lipinski definition) is 3. The molecule has 0 saturated carbocycles. The molecular formula is C16H26N4O. The van der Waals surface area contributed by atoms with Gasteiger partial charge in [0.25, 0.3) is 5.91 Å². The van der Waals surface area contributed by atoms with Crippen molar-refractivity contribution in [3.8, 4) is 0 Å². The maximum absolute atomic E-state index is 12.7. The second-order valence-electron chi connectivity index (χ2n) is 6.30. The van der Waals surface area contributed by atoms with Crippen molar-refractivity contribution in [3.05, 3.63) is 23.5 Å². The smallest absolute Gasteiger partial charge is 0.256 e. The van der Waals surface area contributed by atoms with Crippen molar-refractivity contribution < 1.29 is 4.79 Å². The van der Waals surface area contributed by atoms with Gasteiger partial charge in [0.05, 0.1) is 6.04 Å². The molecule has 2 saturated heterocycles. The molecule has 1 aromatic rings. The molecule has 2 N–H and O–H groups in total. The van der Waals surface area contributed by atoms with Crippen molar-refractivity contribution in [1.29, 1.82) is 0 Å². The zero-order valence-electron chi connectivity index (χ0n) is 13.1. The first-order chi connectivity index (χ1) is 10.2. The fourth-order valence-electron chi connectivity index (χ4n) is 3.68.